The molecule has 1 aliphatic heterocycles. The number of nitrogens with one attached hydrogen (secondary N) is 1. The number of hydrogen-bond donors (Lipinski definition) is 3. The van der Waals surface area contributed by atoms with Crippen molar-refractivity contribution in [3.63, 3.8) is 0 Å². The van der Waals surface area contributed by atoms with E-state index in [4.69, 9.17) is 4.42 Å². The summed E-state index contributed by atoms with van der Waals surface area (Å²) in [6.07, 6.45) is -0.628. The number of benzene rings is 1. The largest absolute Gasteiger partial charge is 0.443 e. The van der Waals surface area contributed by atoms with Gasteiger partial charge < -0.3 is 24.8 Å². The molecule has 0 radical (unpaired) electrons. The van der Waals surface area contributed by atoms with E-state index in [-0.39, 0.29) is 49.6 Å². The third-order valence-electron chi connectivity index (χ3n) is 5.31. The molecule has 0 saturated carbocycles. The molecule has 174 valence electrons. The summed E-state index contributed by atoms with van der Waals surface area (Å²) in [5.74, 6) is -3.16. The van der Waals surface area contributed by atoms with Crippen molar-refractivity contribution in [2.45, 2.75) is 31.6 Å². The lowest BCUT2D eigenvalue weighted by Gasteiger charge is -2.32. The Kier molecular flexibility index (Phi) is 6.82. The SMILES string of the molecule is O=C(Cc1ccsc1)NCc1cc(F)c(-c2nc(C(=O)N3CC[C@@H](O)[C@H](O)C3)co2)c(F)c1. The minimum atomic E-state index is -1.08. The number of aliphatic hydroxyl groups is 2. The fourth-order valence-corrected chi connectivity index (χ4v) is 4.19. The number of rotatable bonds is 6. The minimum Gasteiger partial charge on any atom is -0.443 e. The molecule has 2 aromatic heterocycles. The molecule has 8 nitrogen and oxygen atoms in total. The van der Waals surface area contributed by atoms with Crippen molar-refractivity contribution in [2.24, 2.45) is 0 Å². The van der Waals surface area contributed by atoms with Gasteiger partial charge in [0.15, 0.2) is 5.69 Å². The van der Waals surface area contributed by atoms with Gasteiger partial charge in [-0.25, -0.2) is 13.8 Å². The van der Waals surface area contributed by atoms with Gasteiger partial charge in [0, 0.05) is 19.6 Å². The van der Waals surface area contributed by atoms with E-state index in [1.165, 1.54) is 16.2 Å². The van der Waals surface area contributed by atoms with E-state index in [2.05, 4.69) is 10.3 Å². The van der Waals surface area contributed by atoms with Crippen LogP contribution in [0.3, 0.4) is 0 Å². The molecule has 0 bridgehead atoms. The molecule has 2 amide bonds. The third kappa shape index (κ3) is 5.27. The highest BCUT2D eigenvalue weighted by Crippen LogP contribution is 2.27. The number of aliphatic hydroxyl groups excluding tert-OH is 2. The van der Waals surface area contributed by atoms with Crippen molar-refractivity contribution in [3.05, 3.63) is 63.7 Å². The number of β-amino-alcohol motifs (C(OH)–C–C–N with tert-alkyl or cyclic N) is 1. The molecule has 11 heteroatoms. The van der Waals surface area contributed by atoms with E-state index in [0.717, 1.165) is 24.0 Å². The number of piperidine rings is 1. The summed E-state index contributed by atoms with van der Waals surface area (Å²) in [4.78, 5) is 29.8. The summed E-state index contributed by atoms with van der Waals surface area (Å²) in [6, 6.07) is 3.96. The molecule has 4 rings (SSSR count). The Morgan fingerprint density at radius 1 is 1.21 bits per heavy atom. The van der Waals surface area contributed by atoms with E-state index in [9.17, 15) is 28.6 Å². The lowest BCUT2D eigenvalue weighted by molar-refractivity contribution is -0.120. The summed E-state index contributed by atoms with van der Waals surface area (Å²) < 4.78 is 34.5. The summed E-state index contributed by atoms with van der Waals surface area (Å²) in [5.41, 5.74) is 0.375. The van der Waals surface area contributed by atoms with Gasteiger partial charge in [0.2, 0.25) is 11.8 Å². The monoisotopic (exact) mass is 477 g/mol. The first-order chi connectivity index (χ1) is 15.8. The van der Waals surface area contributed by atoms with Crippen LogP contribution < -0.4 is 5.32 Å². The van der Waals surface area contributed by atoms with E-state index < -0.39 is 41.2 Å². The van der Waals surface area contributed by atoms with Crippen LogP contribution in [-0.4, -0.2) is 57.2 Å². The van der Waals surface area contributed by atoms with Crippen molar-refractivity contribution in [2.75, 3.05) is 13.1 Å². The zero-order valence-electron chi connectivity index (χ0n) is 17.3. The van der Waals surface area contributed by atoms with Gasteiger partial charge in [0.05, 0.1) is 18.6 Å². The number of nitrogens with zero attached hydrogens (tertiary/aromatic N) is 2. The number of halogens is 2. The molecule has 1 saturated heterocycles. The maximum atomic E-state index is 14.7. The average molecular weight is 477 g/mol. The molecule has 1 aromatic carbocycles. The first-order valence-electron chi connectivity index (χ1n) is 10.2. The van der Waals surface area contributed by atoms with Crippen molar-refractivity contribution < 1.29 is 33.0 Å². The van der Waals surface area contributed by atoms with Gasteiger partial charge >= 0.3 is 0 Å². The van der Waals surface area contributed by atoms with Gasteiger partial charge in [-0.05, 0) is 46.5 Å². The highest BCUT2D eigenvalue weighted by Gasteiger charge is 2.31. The number of oxazole rings is 1. The van der Waals surface area contributed by atoms with E-state index in [1.54, 1.807) is 0 Å². The number of likely N-dealkylation sites (tertiary alicyclic amines) is 1. The summed E-state index contributed by atoms with van der Waals surface area (Å²) >= 11 is 1.47. The van der Waals surface area contributed by atoms with Gasteiger partial charge in [0.25, 0.3) is 5.91 Å². The number of hydrogen-bond acceptors (Lipinski definition) is 7. The Labute approximate surface area is 191 Å². The van der Waals surface area contributed by atoms with Crippen molar-refractivity contribution in [3.8, 4) is 11.5 Å². The first kappa shape index (κ1) is 23.0. The van der Waals surface area contributed by atoms with Gasteiger partial charge in [-0.1, -0.05) is 0 Å². The van der Waals surface area contributed by atoms with Crippen LogP contribution in [0.4, 0.5) is 8.78 Å². The van der Waals surface area contributed by atoms with Crippen LogP contribution in [-0.2, 0) is 17.8 Å². The van der Waals surface area contributed by atoms with Gasteiger partial charge in [-0.2, -0.15) is 11.3 Å². The number of amides is 2. The van der Waals surface area contributed by atoms with Crippen LogP contribution in [0.2, 0.25) is 0 Å². The van der Waals surface area contributed by atoms with Crippen LogP contribution in [0.15, 0.2) is 39.6 Å². The Hall–Kier alpha value is -3.15. The van der Waals surface area contributed by atoms with Crippen LogP contribution in [0.5, 0.6) is 0 Å². The summed E-state index contributed by atoms with van der Waals surface area (Å²) in [6.45, 7) is 0.0576. The molecule has 3 aromatic rings. The molecule has 3 heterocycles. The maximum Gasteiger partial charge on any atom is 0.275 e. The number of aromatic nitrogens is 1. The fraction of sp³-hybridized carbons (Fsp3) is 0.318. The number of carbonyl (C=O) groups excluding carboxylic acids is 2. The topological polar surface area (TPSA) is 116 Å². The highest BCUT2D eigenvalue weighted by molar-refractivity contribution is 7.08. The van der Waals surface area contributed by atoms with Crippen LogP contribution >= 0.6 is 11.3 Å². The molecular weight excluding hydrogens is 456 g/mol. The molecule has 0 spiro atoms. The second-order valence-corrected chi connectivity index (χ2v) is 8.51. The zero-order valence-corrected chi connectivity index (χ0v) is 18.1. The Bertz CT molecular complexity index is 1130. The summed E-state index contributed by atoms with van der Waals surface area (Å²) in [5, 5.41) is 25.7. The number of carbonyl (C=O) groups is 2. The minimum absolute atomic E-state index is 0.0600. The maximum absolute atomic E-state index is 14.7. The van der Waals surface area contributed by atoms with Crippen molar-refractivity contribution in [1.82, 2.24) is 15.2 Å². The molecule has 0 unspecified atom stereocenters. The normalized spacial score (nSPS) is 18.4. The molecule has 1 aliphatic rings. The Balaban J connectivity index is 1.43. The van der Waals surface area contributed by atoms with E-state index >= 15 is 0 Å². The first-order valence-corrected chi connectivity index (χ1v) is 11.1. The fourth-order valence-electron chi connectivity index (χ4n) is 3.53. The van der Waals surface area contributed by atoms with E-state index in [1.807, 2.05) is 16.8 Å². The zero-order chi connectivity index (χ0) is 23.5. The standard InChI is InChI=1S/C22H21F2N3O5S/c23-14-5-13(8-25-19(30)7-12-2-4-33-11-12)6-15(24)20(14)21-26-16(10-32-21)22(31)27-3-1-17(28)18(29)9-27/h2,4-6,10-11,17-18,28-29H,1,3,7-9H2,(H,25,30)/t17-,18-/m1/s1. The number of thiophene rings is 1. The molecule has 1 fully saturated rings. The van der Waals surface area contributed by atoms with Crippen LogP contribution in [0, 0.1) is 11.6 Å². The van der Waals surface area contributed by atoms with Gasteiger partial charge in [-0.3, -0.25) is 9.59 Å². The van der Waals surface area contributed by atoms with E-state index in [0.29, 0.717) is 0 Å². The van der Waals surface area contributed by atoms with Gasteiger partial charge in [0.1, 0.15) is 23.5 Å². The predicted molar refractivity (Wildman–Crippen MR) is 114 cm³/mol. The highest BCUT2D eigenvalue weighted by atomic mass is 32.1. The lowest BCUT2D eigenvalue weighted by atomic mass is 10.0. The average Bonchev–Trinajstić information content (AvgIpc) is 3.46. The van der Waals surface area contributed by atoms with Crippen LogP contribution in [0.1, 0.15) is 28.0 Å². The van der Waals surface area contributed by atoms with Crippen LogP contribution in [0.25, 0.3) is 11.5 Å². The molecular formula is C22H21F2N3O5S. The summed E-state index contributed by atoms with van der Waals surface area (Å²) in [7, 11) is 0. The quantitative estimate of drug-likeness (QED) is 0.501. The second kappa shape index (κ2) is 9.77. The molecule has 3 N–H and O–H groups in total. The molecule has 2 atom stereocenters. The Morgan fingerprint density at radius 2 is 1.97 bits per heavy atom. The van der Waals surface area contributed by atoms with Gasteiger partial charge in [-0.15, -0.1) is 0 Å². The second-order valence-electron chi connectivity index (χ2n) is 7.73. The molecule has 33 heavy (non-hydrogen) atoms. The smallest absolute Gasteiger partial charge is 0.275 e. The Morgan fingerprint density at radius 3 is 2.64 bits per heavy atom. The predicted octanol–water partition coefficient (Wildman–Crippen LogP) is 2.11. The third-order valence-corrected chi connectivity index (χ3v) is 6.04. The van der Waals surface area contributed by atoms with Crippen molar-refractivity contribution >= 4 is 23.2 Å². The molecule has 0 aliphatic carbocycles. The van der Waals surface area contributed by atoms with Crippen molar-refractivity contribution in [1.29, 1.82) is 0 Å². The lowest BCUT2D eigenvalue weighted by Crippen LogP contribution is -2.49.